The fourth-order valence-electron chi connectivity index (χ4n) is 0.122. The van der Waals surface area contributed by atoms with Gasteiger partial charge in [-0.1, -0.05) is 0 Å². The normalized spacial score (nSPS) is 9.14. The highest BCUT2D eigenvalue weighted by Gasteiger charge is 1.95. The van der Waals surface area contributed by atoms with Crippen molar-refractivity contribution in [3.05, 3.63) is 0 Å². The molecule has 0 saturated heterocycles. The van der Waals surface area contributed by atoms with Gasteiger partial charge in [-0.05, 0) is 13.8 Å². The van der Waals surface area contributed by atoms with E-state index in [-0.39, 0.29) is 6.04 Å². The van der Waals surface area contributed by atoms with E-state index in [1.54, 1.807) is 0 Å². The summed E-state index contributed by atoms with van der Waals surface area (Å²) in [6.45, 7) is 3.68. The Balaban J connectivity index is 3.33. The van der Waals surface area contributed by atoms with Crippen molar-refractivity contribution in [2.75, 3.05) is 0 Å². The number of hydrogen-bond donors (Lipinski definition) is 1. The number of carbonyl (C=O) groups excluding carboxylic acids is 1. The number of carbonyl (C=O) groups is 1. The minimum Gasteiger partial charge on any atom is -0.281 e. The lowest BCUT2D eigenvalue weighted by atomic mass is 10.4. The van der Waals surface area contributed by atoms with E-state index < -0.39 is 0 Å². The van der Waals surface area contributed by atoms with Crippen molar-refractivity contribution in [2.24, 2.45) is 5.84 Å². The van der Waals surface area contributed by atoms with Crippen molar-refractivity contribution in [2.45, 2.75) is 19.9 Å². The molecule has 1 amide bonds. The van der Waals surface area contributed by atoms with Gasteiger partial charge in [0.15, 0.2) is 0 Å². The third kappa shape index (κ3) is 2.17. The Morgan fingerprint density at radius 2 is 2.14 bits per heavy atom. The first-order chi connectivity index (χ1) is 3.18. The molecule has 0 rings (SSSR count). The fourth-order valence-corrected chi connectivity index (χ4v) is 0.122. The van der Waals surface area contributed by atoms with Gasteiger partial charge in [-0.25, -0.2) is 5.84 Å². The summed E-state index contributed by atoms with van der Waals surface area (Å²) in [5, 5.41) is 1.11. The molecule has 0 atom stereocenters. The van der Waals surface area contributed by atoms with Crippen LogP contribution in [0.2, 0.25) is 0 Å². The summed E-state index contributed by atoms with van der Waals surface area (Å²) in [5.41, 5.74) is 0. The predicted molar refractivity (Wildman–Crippen MR) is 27.2 cm³/mol. The number of amides is 1. The summed E-state index contributed by atoms with van der Waals surface area (Å²) < 4.78 is 0. The Morgan fingerprint density at radius 1 is 1.71 bits per heavy atom. The van der Waals surface area contributed by atoms with E-state index in [0.29, 0.717) is 6.41 Å². The maximum Gasteiger partial charge on any atom is 0.223 e. The van der Waals surface area contributed by atoms with Gasteiger partial charge in [0.1, 0.15) is 0 Å². The Bertz CT molecular complexity index is 62.7. The number of hydrogen-bond acceptors (Lipinski definition) is 2. The maximum atomic E-state index is 9.75. The zero-order valence-corrected chi connectivity index (χ0v) is 4.59. The summed E-state index contributed by atoms with van der Waals surface area (Å²) in [6, 6.07) is 0.109. The molecule has 7 heavy (non-hydrogen) atoms. The molecule has 0 aromatic heterocycles. The van der Waals surface area contributed by atoms with Crippen LogP contribution < -0.4 is 5.84 Å². The first-order valence-electron chi connectivity index (χ1n) is 2.16. The van der Waals surface area contributed by atoms with Crippen molar-refractivity contribution in [3.8, 4) is 0 Å². The first kappa shape index (κ1) is 6.43. The second-order valence-corrected chi connectivity index (χ2v) is 1.65. The van der Waals surface area contributed by atoms with Crippen molar-refractivity contribution in [1.29, 1.82) is 0 Å². The van der Waals surface area contributed by atoms with Crippen LogP contribution in [0, 0.1) is 0 Å². The minimum atomic E-state index is 0.109. The zero-order chi connectivity index (χ0) is 5.86. The lowest BCUT2D eigenvalue weighted by Crippen LogP contribution is -2.35. The third-order valence-corrected chi connectivity index (χ3v) is 0.718. The average molecular weight is 102 g/mol. The van der Waals surface area contributed by atoms with Gasteiger partial charge in [0, 0.05) is 6.04 Å². The summed E-state index contributed by atoms with van der Waals surface area (Å²) in [6.07, 6.45) is 0.602. The van der Waals surface area contributed by atoms with Gasteiger partial charge in [0.25, 0.3) is 0 Å². The Kier molecular flexibility index (Phi) is 2.37. The molecule has 0 unspecified atom stereocenters. The molecule has 0 aromatic carbocycles. The molecule has 0 saturated carbocycles. The van der Waals surface area contributed by atoms with Crippen molar-refractivity contribution >= 4 is 6.41 Å². The summed E-state index contributed by atoms with van der Waals surface area (Å²) in [7, 11) is 0. The van der Waals surface area contributed by atoms with Gasteiger partial charge in [0.05, 0.1) is 0 Å². The molecular formula is C4H10N2O. The summed E-state index contributed by atoms with van der Waals surface area (Å²) in [5.74, 6) is 5.08. The molecule has 0 bridgehead atoms. The van der Waals surface area contributed by atoms with Gasteiger partial charge in [-0.15, -0.1) is 0 Å². The fraction of sp³-hybridized carbons (Fsp3) is 0.750. The number of nitrogens with zero attached hydrogens (tertiary/aromatic N) is 1. The van der Waals surface area contributed by atoms with Crippen molar-refractivity contribution in [1.82, 2.24) is 5.01 Å². The van der Waals surface area contributed by atoms with E-state index in [1.807, 2.05) is 13.8 Å². The third-order valence-electron chi connectivity index (χ3n) is 0.718. The van der Waals surface area contributed by atoms with Gasteiger partial charge in [0.2, 0.25) is 6.41 Å². The highest BCUT2D eigenvalue weighted by atomic mass is 16.1. The van der Waals surface area contributed by atoms with E-state index in [1.165, 1.54) is 0 Å². The van der Waals surface area contributed by atoms with Crippen LogP contribution in [0.3, 0.4) is 0 Å². The smallest absolute Gasteiger partial charge is 0.223 e. The molecule has 0 fully saturated rings. The van der Waals surface area contributed by atoms with Crippen LogP contribution in [0.15, 0.2) is 0 Å². The van der Waals surface area contributed by atoms with Crippen LogP contribution in [-0.2, 0) is 4.79 Å². The zero-order valence-electron chi connectivity index (χ0n) is 4.59. The van der Waals surface area contributed by atoms with Crippen LogP contribution in [0.5, 0.6) is 0 Å². The summed E-state index contributed by atoms with van der Waals surface area (Å²) in [4.78, 5) is 9.75. The molecule has 3 nitrogen and oxygen atoms in total. The van der Waals surface area contributed by atoms with Gasteiger partial charge in [-0.2, -0.15) is 0 Å². The minimum absolute atomic E-state index is 0.109. The first-order valence-corrected chi connectivity index (χ1v) is 2.16. The van der Waals surface area contributed by atoms with Crippen LogP contribution in [0.4, 0.5) is 0 Å². The molecule has 0 aliphatic rings. The van der Waals surface area contributed by atoms with E-state index in [4.69, 9.17) is 5.84 Å². The predicted octanol–water partition coefficient (Wildman–Crippen LogP) is -0.273. The molecule has 0 spiro atoms. The number of nitrogens with two attached hydrogens (primary N) is 1. The highest BCUT2D eigenvalue weighted by Crippen LogP contribution is 1.81. The monoisotopic (exact) mass is 102 g/mol. The average Bonchev–Trinajstić information content (AvgIpc) is 1.65. The largest absolute Gasteiger partial charge is 0.281 e. The van der Waals surface area contributed by atoms with Crippen molar-refractivity contribution in [3.63, 3.8) is 0 Å². The SMILES string of the molecule is CC(C)N(N)C=O. The van der Waals surface area contributed by atoms with Gasteiger partial charge >= 0.3 is 0 Å². The second kappa shape index (κ2) is 2.58. The maximum absolute atomic E-state index is 9.75. The van der Waals surface area contributed by atoms with Crippen LogP contribution in [0.25, 0.3) is 0 Å². The molecule has 0 radical (unpaired) electrons. The van der Waals surface area contributed by atoms with Crippen LogP contribution >= 0.6 is 0 Å². The molecule has 0 aliphatic heterocycles. The lowest BCUT2D eigenvalue weighted by Gasteiger charge is -2.12. The topological polar surface area (TPSA) is 46.3 Å². The molecular weight excluding hydrogens is 92.1 g/mol. The Hall–Kier alpha value is -0.570. The van der Waals surface area contributed by atoms with Crippen LogP contribution in [-0.4, -0.2) is 17.5 Å². The van der Waals surface area contributed by atoms with Gasteiger partial charge in [-0.3, -0.25) is 9.80 Å². The standard InChI is InChI=1S/C4H10N2O/c1-4(2)6(5)3-7/h3-4H,5H2,1-2H3. The highest BCUT2D eigenvalue weighted by molar-refractivity contribution is 5.46. The summed E-state index contributed by atoms with van der Waals surface area (Å²) >= 11 is 0. The Labute approximate surface area is 43.1 Å². The molecule has 0 aromatic rings. The Morgan fingerprint density at radius 3 is 2.14 bits per heavy atom. The number of hydrazine groups is 1. The lowest BCUT2D eigenvalue weighted by molar-refractivity contribution is -0.119. The number of rotatable bonds is 2. The van der Waals surface area contributed by atoms with Crippen molar-refractivity contribution < 1.29 is 4.79 Å². The molecule has 42 valence electrons. The van der Waals surface area contributed by atoms with E-state index in [0.717, 1.165) is 5.01 Å². The van der Waals surface area contributed by atoms with Gasteiger partial charge < -0.3 is 0 Å². The second-order valence-electron chi connectivity index (χ2n) is 1.65. The van der Waals surface area contributed by atoms with E-state index in [2.05, 4.69) is 0 Å². The molecule has 0 heterocycles. The molecule has 0 aliphatic carbocycles. The van der Waals surface area contributed by atoms with E-state index >= 15 is 0 Å². The molecule has 2 N–H and O–H groups in total. The quantitative estimate of drug-likeness (QED) is 0.226. The molecule has 3 heteroatoms. The van der Waals surface area contributed by atoms with Crippen LogP contribution in [0.1, 0.15) is 13.8 Å². The van der Waals surface area contributed by atoms with E-state index in [9.17, 15) is 4.79 Å².